The van der Waals surface area contributed by atoms with Gasteiger partial charge in [0.25, 0.3) is 5.91 Å². The smallest absolute Gasteiger partial charge is 0.251 e. The third-order valence-corrected chi connectivity index (χ3v) is 5.47. The number of anilines is 1. The number of hydrogen-bond donors (Lipinski definition) is 2. The molecule has 2 aromatic rings. The molecule has 0 aliphatic carbocycles. The molecule has 0 spiro atoms. The number of rotatable bonds is 7. The van der Waals surface area contributed by atoms with Crippen molar-refractivity contribution in [2.24, 2.45) is 4.99 Å². The fourth-order valence-corrected chi connectivity index (χ4v) is 3.66. The van der Waals surface area contributed by atoms with Crippen LogP contribution in [0, 0.1) is 5.82 Å². The van der Waals surface area contributed by atoms with Crippen molar-refractivity contribution in [1.82, 2.24) is 20.4 Å². The Labute approximate surface area is 213 Å². The molecule has 0 aromatic heterocycles. The van der Waals surface area contributed by atoms with Crippen molar-refractivity contribution in [3.63, 3.8) is 0 Å². The number of aliphatic imine (C=N–C) groups is 1. The van der Waals surface area contributed by atoms with Crippen LogP contribution >= 0.6 is 24.0 Å². The standard InChI is InChI=1S/C24H33FN6O.HI/c1-26-24(31-15-13-30(14-16-31)22-9-7-21(25)8-10-22)28-18-19-5-4-6-20(17-19)23(32)27-11-12-29(2)3;/h4-10,17H,11-16,18H2,1-3H3,(H,26,28)(H,27,32);1H. The lowest BCUT2D eigenvalue weighted by Crippen LogP contribution is -2.52. The van der Waals surface area contributed by atoms with Crippen molar-refractivity contribution in [3.8, 4) is 0 Å². The van der Waals surface area contributed by atoms with Gasteiger partial charge in [-0.05, 0) is 56.1 Å². The van der Waals surface area contributed by atoms with Crippen LogP contribution in [0.4, 0.5) is 10.1 Å². The van der Waals surface area contributed by atoms with Crippen molar-refractivity contribution < 1.29 is 9.18 Å². The fraction of sp³-hybridized carbons (Fsp3) is 0.417. The minimum atomic E-state index is -0.216. The van der Waals surface area contributed by atoms with Gasteiger partial charge in [-0.15, -0.1) is 24.0 Å². The van der Waals surface area contributed by atoms with E-state index in [0.717, 1.165) is 49.9 Å². The van der Waals surface area contributed by atoms with Crippen LogP contribution in [0.25, 0.3) is 0 Å². The predicted molar refractivity (Wildman–Crippen MR) is 143 cm³/mol. The van der Waals surface area contributed by atoms with Crippen molar-refractivity contribution in [2.45, 2.75) is 6.54 Å². The highest BCUT2D eigenvalue weighted by Crippen LogP contribution is 2.17. The topological polar surface area (TPSA) is 63.2 Å². The van der Waals surface area contributed by atoms with Crippen LogP contribution in [0.5, 0.6) is 0 Å². The summed E-state index contributed by atoms with van der Waals surface area (Å²) in [6, 6.07) is 14.3. The van der Waals surface area contributed by atoms with E-state index in [-0.39, 0.29) is 35.7 Å². The highest BCUT2D eigenvalue weighted by molar-refractivity contribution is 14.0. The number of nitrogens with zero attached hydrogens (tertiary/aromatic N) is 4. The molecule has 180 valence electrons. The lowest BCUT2D eigenvalue weighted by Gasteiger charge is -2.37. The molecule has 0 saturated carbocycles. The van der Waals surface area contributed by atoms with Gasteiger partial charge in [-0.2, -0.15) is 0 Å². The number of likely N-dealkylation sites (N-methyl/N-ethyl adjacent to an activating group) is 1. The molecule has 1 aliphatic heterocycles. The van der Waals surface area contributed by atoms with Crippen molar-refractivity contribution in [1.29, 1.82) is 0 Å². The molecule has 0 bridgehead atoms. The predicted octanol–water partition coefficient (Wildman–Crippen LogP) is 2.63. The van der Waals surface area contributed by atoms with Crippen LogP contribution < -0.4 is 15.5 Å². The first-order valence-electron chi connectivity index (χ1n) is 10.9. The van der Waals surface area contributed by atoms with Crippen LogP contribution in [0.1, 0.15) is 15.9 Å². The molecule has 0 radical (unpaired) electrons. The van der Waals surface area contributed by atoms with Crippen molar-refractivity contribution in [3.05, 3.63) is 65.5 Å². The first-order valence-corrected chi connectivity index (χ1v) is 10.9. The average molecular weight is 568 g/mol. The number of nitrogens with one attached hydrogen (secondary N) is 2. The Kier molecular flexibility index (Phi) is 10.9. The van der Waals surface area contributed by atoms with Gasteiger partial charge >= 0.3 is 0 Å². The van der Waals surface area contributed by atoms with Crippen LogP contribution in [0.3, 0.4) is 0 Å². The Balaban J connectivity index is 0.00000385. The summed E-state index contributed by atoms with van der Waals surface area (Å²) in [6.07, 6.45) is 0. The van der Waals surface area contributed by atoms with Gasteiger partial charge in [0.2, 0.25) is 0 Å². The number of carbonyl (C=O) groups is 1. The second-order valence-corrected chi connectivity index (χ2v) is 8.11. The van der Waals surface area contributed by atoms with Crippen LogP contribution in [0.2, 0.25) is 0 Å². The normalized spacial score (nSPS) is 14.2. The first kappa shape index (κ1) is 26.8. The zero-order valence-electron chi connectivity index (χ0n) is 19.6. The number of amides is 1. The van der Waals surface area contributed by atoms with E-state index in [1.165, 1.54) is 12.1 Å². The Morgan fingerprint density at radius 3 is 2.39 bits per heavy atom. The molecule has 7 nitrogen and oxygen atoms in total. The maximum Gasteiger partial charge on any atom is 0.251 e. The molecule has 2 aromatic carbocycles. The van der Waals surface area contributed by atoms with Gasteiger partial charge in [0.1, 0.15) is 5.82 Å². The Morgan fingerprint density at radius 1 is 1.06 bits per heavy atom. The largest absolute Gasteiger partial charge is 0.368 e. The summed E-state index contributed by atoms with van der Waals surface area (Å²) >= 11 is 0. The molecule has 1 heterocycles. The number of piperazine rings is 1. The number of hydrogen-bond acceptors (Lipinski definition) is 4. The minimum absolute atomic E-state index is 0. The third kappa shape index (κ3) is 8.15. The summed E-state index contributed by atoms with van der Waals surface area (Å²) in [5.41, 5.74) is 2.72. The maximum atomic E-state index is 13.2. The average Bonchev–Trinajstić information content (AvgIpc) is 2.80. The van der Waals surface area contributed by atoms with Gasteiger partial charge in [0, 0.05) is 64.1 Å². The van der Waals surface area contributed by atoms with Gasteiger partial charge in [0.05, 0.1) is 0 Å². The maximum absolute atomic E-state index is 13.2. The van der Waals surface area contributed by atoms with Crippen molar-refractivity contribution in [2.75, 3.05) is 65.3 Å². The molecular weight excluding hydrogens is 534 g/mol. The quantitative estimate of drug-likeness (QED) is 0.306. The van der Waals surface area contributed by atoms with E-state index >= 15 is 0 Å². The zero-order chi connectivity index (χ0) is 22.9. The molecule has 9 heteroatoms. The van der Waals surface area contributed by atoms with Crippen LogP contribution in [-0.2, 0) is 6.54 Å². The summed E-state index contributed by atoms with van der Waals surface area (Å²) in [6.45, 7) is 5.34. The van der Waals surface area contributed by atoms with E-state index in [2.05, 4.69) is 25.4 Å². The SMILES string of the molecule is CN=C(NCc1cccc(C(=O)NCCN(C)C)c1)N1CCN(c2ccc(F)cc2)CC1.I. The van der Waals surface area contributed by atoms with Gasteiger partial charge in [0.15, 0.2) is 5.96 Å². The molecule has 3 rings (SSSR count). The number of guanidine groups is 1. The van der Waals surface area contributed by atoms with E-state index in [4.69, 9.17) is 0 Å². The van der Waals surface area contributed by atoms with E-state index < -0.39 is 0 Å². The molecule has 1 aliphatic rings. The van der Waals surface area contributed by atoms with E-state index in [0.29, 0.717) is 18.7 Å². The van der Waals surface area contributed by atoms with Gasteiger partial charge < -0.3 is 25.3 Å². The van der Waals surface area contributed by atoms with Gasteiger partial charge in [-0.25, -0.2) is 4.39 Å². The second-order valence-electron chi connectivity index (χ2n) is 8.11. The summed E-state index contributed by atoms with van der Waals surface area (Å²) < 4.78 is 13.2. The molecule has 0 atom stereocenters. The monoisotopic (exact) mass is 568 g/mol. The summed E-state index contributed by atoms with van der Waals surface area (Å²) in [5, 5.41) is 6.36. The molecule has 1 fully saturated rings. The highest BCUT2D eigenvalue weighted by Gasteiger charge is 2.20. The number of halogens is 2. The van der Waals surface area contributed by atoms with E-state index in [9.17, 15) is 9.18 Å². The molecule has 1 amide bonds. The highest BCUT2D eigenvalue weighted by atomic mass is 127. The summed E-state index contributed by atoms with van der Waals surface area (Å²) in [5.74, 6) is 0.562. The molecular formula is C24H34FIN6O. The lowest BCUT2D eigenvalue weighted by molar-refractivity contribution is 0.0951. The summed E-state index contributed by atoms with van der Waals surface area (Å²) in [7, 11) is 5.74. The minimum Gasteiger partial charge on any atom is -0.368 e. The molecule has 0 unspecified atom stereocenters. The summed E-state index contributed by atoms with van der Waals surface area (Å²) in [4.78, 5) is 23.3. The van der Waals surface area contributed by atoms with Gasteiger partial charge in [-0.3, -0.25) is 9.79 Å². The van der Waals surface area contributed by atoms with Crippen LogP contribution in [0.15, 0.2) is 53.5 Å². The second kappa shape index (κ2) is 13.3. The molecule has 1 saturated heterocycles. The van der Waals surface area contributed by atoms with E-state index in [1.807, 2.05) is 55.4 Å². The Morgan fingerprint density at radius 2 is 1.76 bits per heavy atom. The van der Waals surface area contributed by atoms with E-state index in [1.54, 1.807) is 7.05 Å². The Bertz CT molecular complexity index is 913. The van der Waals surface area contributed by atoms with Crippen molar-refractivity contribution >= 4 is 41.5 Å². The Hall–Kier alpha value is -2.40. The first-order chi connectivity index (χ1) is 15.5. The third-order valence-electron chi connectivity index (χ3n) is 5.47. The lowest BCUT2D eigenvalue weighted by atomic mass is 10.1. The molecule has 33 heavy (non-hydrogen) atoms. The van der Waals surface area contributed by atoms with Crippen LogP contribution in [-0.4, -0.2) is 82.1 Å². The number of benzene rings is 2. The fourth-order valence-electron chi connectivity index (χ4n) is 3.66. The van der Waals surface area contributed by atoms with Gasteiger partial charge in [-0.1, -0.05) is 12.1 Å². The zero-order valence-corrected chi connectivity index (χ0v) is 21.9. The molecule has 2 N–H and O–H groups in total. The number of carbonyl (C=O) groups excluding carboxylic acids is 1.